The summed E-state index contributed by atoms with van der Waals surface area (Å²) in [6, 6.07) is 15.2. The van der Waals surface area contributed by atoms with Crippen molar-refractivity contribution in [2.75, 3.05) is 23.0 Å². The maximum Gasteiger partial charge on any atom is 0.374 e. The summed E-state index contributed by atoms with van der Waals surface area (Å²) in [4.78, 5) is 1.98. The number of rotatable bonds is 14. The van der Waals surface area contributed by atoms with Crippen molar-refractivity contribution in [2.24, 2.45) is 0 Å². The molecule has 1 aliphatic rings. The van der Waals surface area contributed by atoms with Crippen molar-refractivity contribution in [3.8, 4) is 5.75 Å². The van der Waals surface area contributed by atoms with E-state index in [0.29, 0.717) is 50.5 Å². The molecule has 0 fully saturated rings. The van der Waals surface area contributed by atoms with Crippen LogP contribution < -0.4 is 14.2 Å². The molecule has 0 radical (unpaired) electrons. The zero-order chi connectivity index (χ0) is 29.3. The lowest BCUT2D eigenvalue weighted by Gasteiger charge is -2.17. The predicted molar refractivity (Wildman–Crippen MR) is 158 cm³/mol. The smallest absolute Gasteiger partial charge is 0.374 e. The molecule has 0 atom stereocenters. The Hall–Kier alpha value is -3.71. The van der Waals surface area contributed by atoms with E-state index in [4.69, 9.17) is 18.3 Å². The fourth-order valence-corrected chi connectivity index (χ4v) is 5.53. The first-order chi connectivity index (χ1) is 19.6. The third kappa shape index (κ3) is 9.15. The van der Waals surface area contributed by atoms with Crippen molar-refractivity contribution >= 4 is 43.1 Å². The quantitative estimate of drug-likeness (QED) is 0.114. The lowest BCUT2D eigenvalue weighted by atomic mass is 10.2. The number of oxazole rings is 1. The minimum absolute atomic E-state index is 0.275. The highest BCUT2D eigenvalue weighted by Crippen LogP contribution is 2.38. The SMILES string of the molecule is O=S(=O)(O)CCCCN1\C(=C/C=C/C=C/C=C/c2oc3ccccc3[n+]2CCCCS(=O)(=O)O)Oc2ccccc21. The van der Waals surface area contributed by atoms with Gasteiger partial charge < -0.3 is 14.1 Å². The molecule has 4 rings (SSSR count). The third-order valence-corrected chi connectivity index (χ3v) is 7.87. The number of benzene rings is 2. The Morgan fingerprint density at radius 2 is 1.44 bits per heavy atom. The van der Waals surface area contributed by atoms with Crippen LogP contribution in [0.25, 0.3) is 17.2 Å². The average molecular weight is 602 g/mol. The van der Waals surface area contributed by atoms with E-state index in [1.807, 2.05) is 101 Å². The number of fused-ring (bicyclic) bond motifs is 2. The van der Waals surface area contributed by atoms with Gasteiger partial charge in [0.05, 0.1) is 23.3 Å². The van der Waals surface area contributed by atoms with Crippen LogP contribution in [0, 0.1) is 0 Å². The molecule has 10 nitrogen and oxygen atoms in total. The summed E-state index contributed by atoms with van der Waals surface area (Å²) in [5.41, 5.74) is 2.52. The Kier molecular flexibility index (Phi) is 10.2. The summed E-state index contributed by atoms with van der Waals surface area (Å²) in [5.74, 6) is 1.41. The first-order valence-corrected chi connectivity index (χ1v) is 16.4. The number of unbranched alkanes of at least 4 members (excludes halogenated alkanes) is 2. The fraction of sp³-hybridized carbons (Fsp3) is 0.276. The van der Waals surface area contributed by atoms with Gasteiger partial charge in [-0.3, -0.25) is 9.11 Å². The van der Waals surface area contributed by atoms with Crippen molar-refractivity contribution < 1.29 is 39.7 Å². The van der Waals surface area contributed by atoms with E-state index in [9.17, 15) is 16.8 Å². The largest absolute Gasteiger partial charge is 0.439 e. The first-order valence-electron chi connectivity index (χ1n) is 13.2. The van der Waals surface area contributed by atoms with Crippen LogP contribution >= 0.6 is 0 Å². The van der Waals surface area contributed by atoms with Crippen molar-refractivity contribution in [1.82, 2.24) is 0 Å². The Morgan fingerprint density at radius 3 is 2.22 bits per heavy atom. The molecule has 1 aliphatic heterocycles. The van der Waals surface area contributed by atoms with Gasteiger partial charge in [0, 0.05) is 19.0 Å². The van der Waals surface area contributed by atoms with Gasteiger partial charge in [-0.1, -0.05) is 54.6 Å². The minimum atomic E-state index is -3.98. The summed E-state index contributed by atoms with van der Waals surface area (Å²) in [5, 5.41) is 0. The van der Waals surface area contributed by atoms with Crippen LogP contribution in [0.1, 0.15) is 31.6 Å². The number of aromatic nitrogens is 1. The van der Waals surface area contributed by atoms with Crippen LogP contribution in [0.2, 0.25) is 0 Å². The summed E-state index contributed by atoms with van der Waals surface area (Å²) < 4.78 is 75.9. The molecule has 2 N–H and O–H groups in total. The molecule has 1 aromatic heterocycles. The average Bonchev–Trinajstić information content (AvgIpc) is 3.45. The van der Waals surface area contributed by atoms with Gasteiger partial charge in [-0.25, -0.2) is 0 Å². The standard InChI is InChI=1S/C29H32N2O8S2/c32-40(33,34)22-12-10-20-30-24-14-6-8-16-26(24)38-28(30)18-4-2-1-3-5-19-29-31(21-11-13-23-41(35,36)37)25-15-7-9-17-27(25)39-29/h1-9,14-19H,10-13,20-23H2,(H-,32,33,34,35,36,37)/p+1. The van der Waals surface area contributed by atoms with Crippen LogP contribution in [0.5, 0.6) is 5.75 Å². The van der Waals surface area contributed by atoms with Gasteiger partial charge in [-0.2, -0.15) is 21.4 Å². The minimum Gasteiger partial charge on any atom is -0.439 e. The van der Waals surface area contributed by atoms with E-state index in [1.165, 1.54) is 0 Å². The maximum atomic E-state index is 11.0. The van der Waals surface area contributed by atoms with Gasteiger partial charge in [0.15, 0.2) is 12.3 Å². The fourth-order valence-electron chi connectivity index (χ4n) is 4.39. The highest BCUT2D eigenvalue weighted by atomic mass is 32.2. The molecule has 2 aromatic carbocycles. The molecule has 0 bridgehead atoms. The number of allylic oxidation sites excluding steroid dienone is 6. The van der Waals surface area contributed by atoms with E-state index in [1.54, 1.807) is 0 Å². The summed E-state index contributed by atoms with van der Waals surface area (Å²) in [7, 11) is -7.96. The number of hydrogen-bond acceptors (Lipinski definition) is 7. The molecule has 0 amide bonds. The van der Waals surface area contributed by atoms with E-state index < -0.39 is 20.2 Å². The number of hydrogen-bond donors (Lipinski definition) is 2. The van der Waals surface area contributed by atoms with Crippen LogP contribution in [0.3, 0.4) is 0 Å². The van der Waals surface area contributed by atoms with Crippen LogP contribution in [-0.4, -0.2) is 44.0 Å². The Labute approximate surface area is 240 Å². The lowest BCUT2D eigenvalue weighted by molar-refractivity contribution is -0.678. The number of ether oxygens (including phenoxy) is 1. The Morgan fingerprint density at radius 1 is 0.780 bits per heavy atom. The zero-order valence-electron chi connectivity index (χ0n) is 22.4. The normalized spacial score (nSPS) is 15.2. The number of para-hydroxylation sites is 4. The first kappa shape index (κ1) is 30.3. The van der Waals surface area contributed by atoms with Crippen molar-refractivity contribution in [2.45, 2.75) is 32.2 Å². The highest BCUT2D eigenvalue weighted by molar-refractivity contribution is 7.86. The molecular formula is C29H33N2O8S2+. The molecule has 12 heteroatoms. The molecule has 218 valence electrons. The summed E-state index contributed by atoms with van der Waals surface area (Å²) >= 11 is 0. The van der Waals surface area contributed by atoms with Crippen LogP contribution in [0.4, 0.5) is 5.69 Å². The number of aryl methyl sites for hydroxylation is 1. The van der Waals surface area contributed by atoms with Crippen LogP contribution in [0.15, 0.2) is 95.3 Å². The molecule has 3 aromatic rings. The molecule has 41 heavy (non-hydrogen) atoms. The molecular weight excluding hydrogens is 568 g/mol. The van der Waals surface area contributed by atoms with Gasteiger partial charge in [-0.15, -0.1) is 0 Å². The molecule has 0 saturated carbocycles. The number of nitrogens with zero attached hydrogens (tertiary/aromatic N) is 2. The molecule has 0 aliphatic carbocycles. The van der Waals surface area contributed by atoms with Crippen molar-refractivity contribution in [1.29, 1.82) is 0 Å². The number of anilines is 1. The van der Waals surface area contributed by atoms with E-state index in [-0.39, 0.29) is 11.5 Å². The highest BCUT2D eigenvalue weighted by Gasteiger charge is 2.25. The maximum absolute atomic E-state index is 11.0. The monoisotopic (exact) mass is 601 g/mol. The predicted octanol–water partition coefficient (Wildman–Crippen LogP) is 4.92. The second-order valence-corrected chi connectivity index (χ2v) is 12.5. The zero-order valence-corrected chi connectivity index (χ0v) is 24.0. The lowest BCUT2D eigenvalue weighted by Crippen LogP contribution is -2.35. The van der Waals surface area contributed by atoms with Gasteiger partial charge in [0.1, 0.15) is 0 Å². The summed E-state index contributed by atoms with van der Waals surface area (Å²) in [6.45, 7) is 1.08. The Bertz CT molecular complexity index is 1690. The third-order valence-electron chi connectivity index (χ3n) is 6.26. The molecule has 2 heterocycles. The van der Waals surface area contributed by atoms with Crippen molar-refractivity contribution in [3.63, 3.8) is 0 Å². The summed E-state index contributed by atoms with van der Waals surface area (Å²) in [6.07, 6.45) is 14.7. The van der Waals surface area contributed by atoms with E-state index >= 15 is 0 Å². The van der Waals surface area contributed by atoms with Gasteiger partial charge >= 0.3 is 5.89 Å². The van der Waals surface area contributed by atoms with Gasteiger partial charge in [-0.05, 0) is 43.5 Å². The molecule has 0 spiro atoms. The van der Waals surface area contributed by atoms with E-state index in [2.05, 4.69) is 0 Å². The second kappa shape index (κ2) is 13.8. The van der Waals surface area contributed by atoms with Gasteiger partial charge in [0.25, 0.3) is 25.8 Å². The topological polar surface area (TPSA) is 138 Å². The van der Waals surface area contributed by atoms with Crippen molar-refractivity contribution in [3.05, 3.63) is 96.8 Å². The Balaban J connectivity index is 1.38. The molecule has 0 unspecified atom stereocenters. The van der Waals surface area contributed by atoms with Gasteiger partial charge in [0.2, 0.25) is 11.5 Å². The molecule has 0 saturated heterocycles. The van der Waals surface area contributed by atoms with Crippen LogP contribution in [-0.2, 0) is 26.8 Å². The van der Waals surface area contributed by atoms with E-state index in [0.717, 1.165) is 22.5 Å². The second-order valence-electron chi connectivity index (χ2n) is 9.40.